The van der Waals surface area contributed by atoms with Gasteiger partial charge in [0.05, 0.1) is 18.6 Å². The van der Waals surface area contributed by atoms with Crippen LogP contribution in [0.5, 0.6) is 5.75 Å². The van der Waals surface area contributed by atoms with Crippen molar-refractivity contribution >= 4 is 21.6 Å². The fraction of sp³-hybridized carbons (Fsp3) is 0.350. The first-order valence-corrected chi connectivity index (χ1v) is 10.5. The molecule has 0 aliphatic carbocycles. The van der Waals surface area contributed by atoms with E-state index >= 15 is 0 Å². The predicted molar refractivity (Wildman–Crippen MR) is 108 cm³/mol. The van der Waals surface area contributed by atoms with Crippen LogP contribution in [0.15, 0.2) is 59.5 Å². The third kappa shape index (κ3) is 4.45. The fourth-order valence-corrected chi connectivity index (χ4v) is 4.30. The maximum absolute atomic E-state index is 12.6. The zero-order valence-electron chi connectivity index (χ0n) is 16.1. The largest absolute Gasteiger partial charge is 0.497 e. The van der Waals surface area contributed by atoms with Crippen LogP contribution in [0.25, 0.3) is 0 Å². The zero-order chi connectivity index (χ0) is 20.1. The molecule has 0 unspecified atom stereocenters. The molecule has 2 aromatic carbocycles. The molecule has 7 nitrogen and oxygen atoms in total. The standard InChI is InChI=1S/C20H25N3O4S/c1-21(28(25,26)19-6-4-3-5-7-19)16-20(24)23-14-12-22(13-15-23)17-8-10-18(27-2)11-9-17/h3-11H,12-16H2,1-2H3. The van der Waals surface area contributed by atoms with Gasteiger partial charge in [0.2, 0.25) is 15.9 Å². The van der Waals surface area contributed by atoms with E-state index in [1.165, 1.54) is 19.2 Å². The monoisotopic (exact) mass is 403 g/mol. The minimum Gasteiger partial charge on any atom is -0.497 e. The first kappa shape index (κ1) is 20.2. The summed E-state index contributed by atoms with van der Waals surface area (Å²) in [5.41, 5.74) is 1.08. The van der Waals surface area contributed by atoms with E-state index in [2.05, 4.69) is 4.90 Å². The number of hydrogen-bond donors (Lipinski definition) is 0. The van der Waals surface area contributed by atoms with Crippen LogP contribution in [0.3, 0.4) is 0 Å². The molecule has 0 saturated carbocycles. The molecule has 1 aliphatic rings. The van der Waals surface area contributed by atoms with E-state index in [1.807, 2.05) is 24.3 Å². The number of carbonyl (C=O) groups excluding carboxylic acids is 1. The van der Waals surface area contributed by atoms with Gasteiger partial charge in [-0.15, -0.1) is 0 Å². The van der Waals surface area contributed by atoms with Gasteiger partial charge in [0.15, 0.2) is 0 Å². The fourth-order valence-electron chi connectivity index (χ4n) is 3.15. The third-order valence-corrected chi connectivity index (χ3v) is 6.70. The predicted octanol–water partition coefficient (Wildman–Crippen LogP) is 1.66. The summed E-state index contributed by atoms with van der Waals surface area (Å²) in [6.45, 7) is 2.36. The maximum Gasteiger partial charge on any atom is 0.243 e. The summed E-state index contributed by atoms with van der Waals surface area (Å²) >= 11 is 0. The Morgan fingerprint density at radius 2 is 1.61 bits per heavy atom. The molecule has 0 N–H and O–H groups in total. The minimum absolute atomic E-state index is 0.167. The SMILES string of the molecule is COc1ccc(N2CCN(C(=O)CN(C)S(=O)(=O)c3ccccc3)CC2)cc1. The summed E-state index contributed by atoms with van der Waals surface area (Å²) in [6.07, 6.45) is 0. The molecule has 0 atom stereocenters. The number of nitrogens with zero attached hydrogens (tertiary/aromatic N) is 3. The summed E-state index contributed by atoms with van der Waals surface area (Å²) in [5.74, 6) is 0.622. The second-order valence-corrected chi connectivity index (χ2v) is 8.68. The molecular formula is C20H25N3O4S. The number of amides is 1. The van der Waals surface area contributed by atoms with Crippen molar-refractivity contribution in [3.63, 3.8) is 0 Å². The Labute approximate surface area is 166 Å². The van der Waals surface area contributed by atoms with Crippen molar-refractivity contribution in [2.24, 2.45) is 0 Å². The van der Waals surface area contributed by atoms with Crippen LogP contribution in [0.2, 0.25) is 0 Å². The van der Waals surface area contributed by atoms with Crippen LogP contribution in [-0.4, -0.2) is 70.4 Å². The lowest BCUT2D eigenvalue weighted by atomic mass is 10.2. The number of sulfonamides is 1. The minimum atomic E-state index is -3.67. The Morgan fingerprint density at radius 1 is 1.00 bits per heavy atom. The number of benzene rings is 2. The number of piperazine rings is 1. The average Bonchev–Trinajstić information content (AvgIpc) is 2.74. The molecule has 0 spiro atoms. The number of likely N-dealkylation sites (N-methyl/N-ethyl adjacent to an activating group) is 1. The van der Waals surface area contributed by atoms with Crippen molar-refractivity contribution in [3.05, 3.63) is 54.6 Å². The molecule has 0 radical (unpaired) electrons. The number of ether oxygens (including phenoxy) is 1. The number of hydrogen-bond acceptors (Lipinski definition) is 5. The molecule has 8 heteroatoms. The van der Waals surface area contributed by atoms with Crippen molar-refractivity contribution in [1.29, 1.82) is 0 Å². The lowest BCUT2D eigenvalue weighted by molar-refractivity contribution is -0.131. The molecule has 1 fully saturated rings. The summed E-state index contributed by atoms with van der Waals surface area (Å²) in [7, 11) is -0.598. The van der Waals surface area contributed by atoms with Gasteiger partial charge in [-0.1, -0.05) is 18.2 Å². The summed E-state index contributed by atoms with van der Waals surface area (Å²) in [5, 5.41) is 0. The van der Waals surface area contributed by atoms with Crippen LogP contribution in [0, 0.1) is 0 Å². The van der Waals surface area contributed by atoms with Crippen molar-refractivity contribution < 1.29 is 17.9 Å². The molecule has 0 bridgehead atoms. The van der Waals surface area contributed by atoms with E-state index in [4.69, 9.17) is 4.74 Å². The molecule has 1 heterocycles. The quantitative estimate of drug-likeness (QED) is 0.734. The second kappa shape index (κ2) is 8.62. The maximum atomic E-state index is 12.6. The Kier molecular flexibility index (Phi) is 6.21. The van der Waals surface area contributed by atoms with E-state index in [0.717, 1.165) is 15.7 Å². The molecule has 1 saturated heterocycles. The van der Waals surface area contributed by atoms with Gasteiger partial charge in [0.25, 0.3) is 0 Å². The molecule has 150 valence electrons. The highest BCUT2D eigenvalue weighted by Crippen LogP contribution is 2.21. The van der Waals surface area contributed by atoms with Crippen LogP contribution >= 0.6 is 0 Å². The molecule has 1 aliphatic heterocycles. The summed E-state index contributed by atoms with van der Waals surface area (Å²) in [6, 6.07) is 16.0. The Balaban J connectivity index is 1.56. The first-order valence-electron chi connectivity index (χ1n) is 9.10. The lowest BCUT2D eigenvalue weighted by Crippen LogP contribution is -2.51. The highest BCUT2D eigenvalue weighted by molar-refractivity contribution is 7.89. The number of rotatable bonds is 6. The van der Waals surface area contributed by atoms with Gasteiger partial charge >= 0.3 is 0 Å². The van der Waals surface area contributed by atoms with Gasteiger partial charge in [-0.3, -0.25) is 4.79 Å². The average molecular weight is 404 g/mol. The summed E-state index contributed by atoms with van der Waals surface area (Å²) in [4.78, 5) is 16.7. The van der Waals surface area contributed by atoms with Gasteiger partial charge < -0.3 is 14.5 Å². The normalized spacial score (nSPS) is 15.0. The van der Waals surface area contributed by atoms with Crippen LogP contribution < -0.4 is 9.64 Å². The van der Waals surface area contributed by atoms with Crippen LogP contribution in [0.4, 0.5) is 5.69 Å². The van der Waals surface area contributed by atoms with E-state index in [1.54, 1.807) is 30.2 Å². The Bertz CT molecular complexity index is 893. The van der Waals surface area contributed by atoms with Crippen molar-refractivity contribution in [2.45, 2.75) is 4.90 Å². The van der Waals surface area contributed by atoms with Gasteiger partial charge in [-0.05, 0) is 36.4 Å². The van der Waals surface area contributed by atoms with Crippen molar-refractivity contribution in [1.82, 2.24) is 9.21 Å². The van der Waals surface area contributed by atoms with E-state index in [9.17, 15) is 13.2 Å². The highest BCUT2D eigenvalue weighted by Gasteiger charge is 2.27. The molecular weight excluding hydrogens is 378 g/mol. The molecule has 1 amide bonds. The second-order valence-electron chi connectivity index (χ2n) is 6.64. The van der Waals surface area contributed by atoms with Gasteiger partial charge in [0, 0.05) is 38.9 Å². The van der Waals surface area contributed by atoms with Gasteiger partial charge in [-0.25, -0.2) is 8.42 Å². The van der Waals surface area contributed by atoms with Crippen molar-refractivity contribution in [3.8, 4) is 5.75 Å². The topological polar surface area (TPSA) is 70.2 Å². The van der Waals surface area contributed by atoms with Gasteiger partial charge in [0.1, 0.15) is 5.75 Å². The third-order valence-electron chi connectivity index (χ3n) is 4.88. The van der Waals surface area contributed by atoms with Gasteiger partial charge in [-0.2, -0.15) is 4.31 Å². The van der Waals surface area contributed by atoms with E-state index in [0.29, 0.717) is 26.2 Å². The zero-order valence-corrected chi connectivity index (χ0v) is 16.9. The van der Waals surface area contributed by atoms with E-state index in [-0.39, 0.29) is 17.3 Å². The smallest absolute Gasteiger partial charge is 0.243 e. The molecule has 28 heavy (non-hydrogen) atoms. The number of methoxy groups -OCH3 is 1. The highest BCUT2D eigenvalue weighted by atomic mass is 32.2. The Hall–Kier alpha value is -2.58. The molecule has 2 aromatic rings. The van der Waals surface area contributed by atoms with E-state index < -0.39 is 10.0 Å². The van der Waals surface area contributed by atoms with Crippen molar-refractivity contribution in [2.75, 3.05) is 51.8 Å². The number of carbonyl (C=O) groups is 1. The van der Waals surface area contributed by atoms with Crippen LogP contribution in [-0.2, 0) is 14.8 Å². The van der Waals surface area contributed by atoms with Crippen LogP contribution in [0.1, 0.15) is 0 Å². The molecule has 0 aromatic heterocycles. The summed E-state index contributed by atoms with van der Waals surface area (Å²) < 4.78 is 31.4. The number of anilines is 1. The first-order chi connectivity index (χ1) is 13.4. The Morgan fingerprint density at radius 3 is 2.18 bits per heavy atom. The molecule has 3 rings (SSSR count). The lowest BCUT2D eigenvalue weighted by Gasteiger charge is -2.36.